The van der Waals surface area contributed by atoms with Crippen LogP contribution in [0.1, 0.15) is 38.3 Å². The minimum Gasteiger partial charge on any atom is -0.354 e. The third-order valence-electron chi connectivity index (χ3n) is 4.86. The molecule has 3 rings (SSSR count). The number of rotatable bonds is 5. The summed E-state index contributed by atoms with van der Waals surface area (Å²) in [6.07, 6.45) is 1.85. The van der Waals surface area contributed by atoms with Gasteiger partial charge in [-0.3, -0.25) is 4.79 Å². The van der Waals surface area contributed by atoms with Gasteiger partial charge in [-0.05, 0) is 36.5 Å². The molecule has 0 aliphatic carbocycles. The molecule has 1 saturated heterocycles. The van der Waals surface area contributed by atoms with Crippen LogP contribution in [0.2, 0.25) is 5.15 Å². The molecule has 1 aliphatic heterocycles. The fraction of sp³-hybridized carbons (Fsp3) is 0.450. The topological polar surface area (TPSA) is 58.1 Å². The Labute approximate surface area is 159 Å². The van der Waals surface area contributed by atoms with Crippen LogP contribution in [0.4, 0.5) is 5.82 Å². The normalized spacial score (nSPS) is 18.6. The van der Waals surface area contributed by atoms with Gasteiger partial charge in [0.2, 0.25) is 5.91 Å². The Bertz CT molecular complexity index is 720. The molecule has 1 aromatic carbocycles. The lowest BCUT2D eigenvalue weighted by molar-refractivity contribution is -0.126. The molecule has 1 N–H and O–H groups in total. The summed E-state index contributed by atoms with van der Waals surface area (Å²) in [5.41, 5.74) is 1.15. The molecule has 138 valence electrons. The van der Waals surface area contributed by atoms with Crippen molar-refractivity contribution in [2.24, 2.45) is 11.8 Å². The maximum Gasteiger partial charge on any atom is 0.225 e. The third-order valence-corrected chi connectivity index (χ3v) is 5.06. The van der Waals surface area contributed by atoms with E-state index in [1.54, 1.807) is 6.07 Å². The van der Waals surface area contributed by atoms with E-state index in [-0.39, 0.29) is 17.9 Å². The molecule has 1 fully saturated rings. The predicted octanol–water partition coefficient (Wildman–Crippen LogP) is 3.86. The van der Waals surface area contributed by atoms with Crippen LogP contribution in [0.5, 0.6) is 0 Å². The molecule has 1 aromatic heterocycles. The molecule has 5 nitrogen and oxygen atoms in total. The van der Waals surface area contributed by atoms with Gasteiger partial charge in [0.05, 0.1) is 12.0 Å². The van der Waals surface area contributed by atoms with Crippen molar-refractivity contribution in [3.05, 3.63) is 53.2 Å². The first kappa shape index (κ1) is 18.6. The first-order valence-electron chi connectivity index (χ1n) is 9.14. The molecule has 0 unspecified atom stereocenters. The van der Waals surface area contributed by atoms with Crippen molar-refractivity contribution < 1.29 is 4.79 Å². The van der Waals surface area contributed by atoms with Crippen LogP contribution in [0.3, 0.4) is 0 Å². The van der Waals surface area contributed by atoms with Crippen LogP contribution in [-0.2, 0) is 4.79 Å². The number of benzene rings is 1. The lowest BCUT2D eigenvalue weighted by Gasteiger charge is -2.34. The molecular weight excluding hydrogens is 348 g/mol. The molecule has 2 heterocycles. The first-order chi connectivity index (χ1) is 12.5. The van der Waals surface area contributed by atoms with Gasteiger partial charge >= 0.3 is 0 Å². The van der Waals surface area contributed by atoms with Crippen LogP contribution in [-0.4, -0.2) is 29.2 Å². The predicted molar refractivity (Wildman–Crippen MR) is 104 cm³/mol. The highest BCUT2D eigenvalue weighted by atomic mass is 35.5. The van der Waals surface area contributed by atoms with Gasteiger partial charge in [0.25, 0.3) is 0 Å². The van der Waals surface area contributed by atoms with Crippen molar-refractivity contribution in [1.82, 2.24) is 15.5 Å². The second-order valence-electron chi connectivity index (χ2n) is 7.14. The van der Waals surface area contributed by atoms with Crippen molar-refractivity contribution in [3.63, 3.8) is 0 Å². The summed E-state index contributed by atoms with van der Waals surface area (Å²) < 4.78 is 0. The second-order valence-corrected chi connectivity index (χ2v) is 7.53. The lowest BCUT2D eigenvalue weighted by atomic mass is 9.93. The smallest absolute Gasteiger partial charge is 0.225 e. The van der Waals surface area contributed by atoms with E-state index in [0.29, 0.717) is 17.6 Å². The molecule has 0 spiro atoms. The number of hydrogen-bond acceptors (Lipinski definition) is 4. The van der Waals surface area contributed by atoms with Crippen molar-refractivity contribution in [3.8, 4) is 0 Å². The highest BCUT2D eigenvalue weighted by Gasteiger charge is 2.29. The molecule has 2 aromatic rings. The molecule has 0 radical (unpaired) electrons. The zero-order chi connectivity index (χ0) is 18.5. The fourth-order valence-corrected chi connectivity index (χ4v) is 3.54. The van der Waals surface area contributed by atoms with Gasteiger partial charge in [0, 0.05) is 13.1 Å². The summed E-state index contributed by atoms with van der Waals surface area (Å²) in [4.78, 5) is 15.0. The van der Waals surface area contributed by atoms with Crippen LogP contribution in [0.25, 0.3) is 0 Å². The number of carbonyl (C=O) groups is 1. The van der Waals surface area contributed by atoms with E-state index in [9.17, 15) is 4.79 Å². The summed E-state index contributed by atoms with van der Waals surface area (Å²) in [6, 6.07) is 13.8. The van der Waals surface area contributed by atoms with Crippen molar-refractivity contribution in [1.29, 1.82) is 0 Å². The van der Waals surface area contributed by atoms with E-state index >= 15 is 0 Å². The number of nitrogens with one attached hydrogen (secondary N) is 1. The van der Waals surface area contributed by atoms with Crippen LogP contribution in [0.15, 0.2) is 42.5 Å². The fourth-order valence-electron chi connectivity index (χ4n) is 3.44. The highest BCUT2D eigenvalue weighted by molar-refractivity contribution is 6.29. The van der Waals surface area contributed by atoms with Crippen LogP contribution in [0, 0.1) is 11.8 Å². The standard InChI is InChI=1S/C20H25ClN4O/c1-14(2)19(15-7-4-3-5-8-15)22-20(26)16-9-6-12-25(13-16)18-11-10-17(21)23-24-18/h3-5,7-8,10-11,14,16,19H,6,9,12-13H2,1-2H3,(H,22,26)/t16-,19+/m0/s1. The molecule has 1 amide bonds. The molecule has 26 heavy (non-hydrogen) atoms. The van der Waals surface area contributed by atoms with Gasteiger partial charge in [-0.15, -0.1) is 10.2 Å². The van der Waals surface area contributed by atoms with E-state index in [0.717, 1.165) is 30.8 Å². The van der Waals surface area contributed by atoms with Gasteiger partial charge in [-0.25, -0.2) is 0 Å². The summed E-state index contributed by atoms with van der Waals surface area (Å²) >= 11 is 5.82. The van der Waals surface area contributed by atoms with Gasteiger partial charge in [0.15, 0.2) is 11.0 Å². The average Bonchev–Trinajstić information content (AvgIpc) is 2.67. The minimum atomic E-state index is -0.0498. The Kier molecular flexibility index (Phi) is 6.09. The average molecular weight is 373 g/mol. The van der Waals surface area contributed by atoms with Crippen LogP contribution >= 0.6 is 11.6 Å². The second kappa shape index (κ2) is 8.49. The van der Waals surface area contributed by atoms with Crippen LogP contribution < -0.4 is 10.2 Å². The third kappa shape index (κ3) is 4.52. The maximum absolute atomic E-state index is 12.9. The SMILES string of the molecule is CC(C)[C@@H](NC(=O)[C@H]1CCCN(c2ccc(Cl)nn2)C1)c1ccccc1. The van der Waals surface area contributed by atoms with Gasteiger partial charge in [-0.2, -0.15) is 0 Å². The Hall–Kier alpha value is -2.14. The summed E-state index contributed by atoms with van der Waals surface area (Å²) in [7, 11) is 0. The monoisotopic (exact) mass is 372 g/mol. The molecule has 1 aliphatic rings. The summed E-state index contributed by atoms with van der Waals surface area (Å²) in [6.45, 7) is 5.80. The quantitative estimate of drug-likeness (QED) is 0.865. The number of hydrogen-bond donors (Lipinski definition) is 1. The zero-order valence-corrected chi connectivity index (χ0v) is 16.0. The number of nitrogens with zero attached hydrogens (tertiary/aromatic N) is 3. The molecule has 0 saturated carbocycles. The van der Waals surface area contributed by atoms with Crippen molar-refractivity contribution in [2.75, 3.05) is 18.0 Å². The van der Waals surface area contributed by atoms with E-state index in [1.807, 2.05) is 24.3 Å². The molecular formula is C20H25ClN4O. The number of aromatic nitrogens is 2. The Balaban J connectivity index is 1.67. The van der Waals surface area contributed by atoms with Crippen molar-refractivity contribution >= 4 is 23.3 Å². The van der Waals surface area contributed by atoms with Gasteiger partial charge in [-0.1, -0.05) is 55.8 Å². The minimum absolute atomic E-state index is 0.0226. The summed E-state index contributed by atoms with van der Waals surface area (Å²) in [5, 5.41) is 11.7. The highest BCUT2D eigenvalue weighted by Crippen LogP contribution is 2.25. The number of anilines is 1. The zero-order valence-electron chi connectivity index (χ0n) is 15.2. The number of amides is 1. The maximum atomic E-state index is 12.9. The van der Waals surface area contributed by atoms with Gasteiger partial charge in [0.1, 0.15) is 0 Å². The molecule has 6 heteroatoms. The number of carbonyl (C=O) groups excluding carboxylic acids is 1. The van der Waals surface area contributed by atoms with Crippen molar-refractivity contribution in [2.45, 2.75) is 32.7 Å². The van der Waals surface area contributed by atoms with E-state index in [4.69, 9.17) is 11.6 Å². The Morgan fingerprint density at radius 1 is 1.19 bits per heavy atom. The lowest BCUT2D eigenvalue weighted by Crippen LogP contribution is -2.45. The molecule has 2 atom stereocenters. The Morgan fingerprint density at radius 2 is 1.96 bits per heavy atom. The van der Waals surface area contributed by atoms with Gasteiger partial charge < -0.3 is 10.2 Å². The van der Waals surface area contributed by atoms with E-state index < -0.39 is 0 Å². The van der Waals surface area contributed by atoms with E-state index in [1.165, 1.54) is 0 Å². The number of piperidine rings is 1. The largest absolute Gasteiger partial charge is 0.354 e. The molecule has 0 bridgehead atoms. The Morgan fingerprint density at radius 3 is 2.62 bits per heavy atom. The number of halogens is 1. The van der Waals surface area contributed by atoms with E-state index in [2.05, 4.69) is 46.4 Å². The first-order valence-corrected chi connectivity index (χ1v) is 9.52. The summed E-state index contributed by atoms with van der Waals surface area (Å²) in [5.74, 6) is 1.16.